The molecule has 2 rings (SSSR count). The third-order valence-electron chi connectivity index (χ3n) is 4.17. The van der Waals surface area contributed by atoms with Gasteiger partial charge in [-0.25, -0.2) is 0 Å². The summed E-state index contributed by atoms with van der Waals surface area (Å²) in [6.45, 7) is 0.913. The zero-order valence-electron chi connectivity index (χ0n) is 10.6. The van der Waals surface area contributed by atoms with Crippen LogP contribution in [0.15, 0.2) is 0 Å². The molecule has 1 saturated heterocycles. The van der Waals surface area contributed by atoms with Gasteiger partial charge in [-0.3, -0.25) is 0 Å². The number of alkyl halides is 3. The van der Waals surface area contributed by atoms with Gasteiger partial charge in [0.05, 0.1) is 5.92 Å². The van der Waals surface area contributed by atoms with Gasteiger partial charge in [0, 0.05) is 6.04 Å². The van der Waals surface area contributed by atoms with E-state index in [1.54, 1.807) is 0 Å². The molecule has 2 fully saturated rings. The number of hydrogen-bond donors (Lipinski definition) is 1. The summed E-state index contributed by atoms with van der Waals surface area (Å²) < 4.78 is 38.0. The molecule has 18 heavy (non-hydrogen) atoms. The van der Waals surface area contributed by atoms with E-state index in [9.17, 15) is 13.2 Å². The van der Waals surface area contributed by atoms with Crippen molar-refractivity contribution in [1.29, 1.82) is 0 Å². The van der Waals surface area contributed by atoms with E-state index < -0.39 is 12.1 Å². The van der Waals surface area contributed by atoms with Crippen LogP contribution in [0.4, 0.5) is 13.2 Å². The van der Waals surface area contributed by atoms with E-state index in [2.05, 4.69) is 5.32 Å². The fourth-order valence-corrected chi connectivity index (χ4v) is 4.16. The molecule has 5 heteroatoms. The van der Waals surface area contributed by atoms with Gasteiger partial charge in [0.25, 0.3) is 0 Å². The average molecular weight is 281 g/mol. The third-order valence-corrected chi connectivity index (χ3v) is 5.22. The Morgan fingerprint density at radius 2 is 1.78 bits per heavy atom. The average Bonchev–Trinajstić information content (AvgIpc) is 2.37. The first-order valence-electron chi connectivity index (χ1n) is 6.93. The van der Waals surface area contributed by atoms with Crippen LogP contribution in [0.25, 0.3) is 0 Å². The lowest BCUT2D eigenvalue weighted by molar-refractivity contribution is -0.183. The number of nitrogens with one attached hydrogen (secondary N) is 1. The van der Waals surface area contributed by atoms with Gasteiger partial charge in [0.15, 0.2) is 0 Å². The molecule has 0 bridgehead atoms. The van der Waals surface area contributed by atoms with Crippen LogP contribution in [0.3, 0.4) is 0 Å². The van der Waals surface area contributed by atoms with E-state index in [0.717, 1.165) is 13.0 Å². The van der Waals surface area contributed by atoms with Gasteiger partial charge in [-0.05, 0) is 56.1 Å². The van der Waals surface area contributed by atoms with Crippen molar-refractivity contribution in [2.75, 3.05) is 18.1 Å². The number of rotatable bonds is 3. The maximum atomic E-state index is 12.7. The van der Waals surface area contributed by atoms with Crippen molar-refractivity contribution in [1.82, 2.24) is 5.32 Å². The maximum absolute atomic E-state index is 12.7. The van der Waals surface area contributed by atoms with E-state index in [1.165, 1.54) is 24.3 Å². The van der Waals surface area contributed by atoms with Crippen molar-refractivity contribution in [3.63, 3.8) is 0 Å². The minimum Gasteiger partial charge on any atom is -0.314 e. The molecule has 1 aliphatic heterocycles. The Morgan fingerprint density at radius 1 is 1.06 bits per heavy atom. The molecule has 1 heterocycles. The largest absolute Gasteiger partial charge is 0.391 e. The molecule has 106 valence electrons. The van der Waals surface area contributed by atoms with Crippen molar-refractivity contribution >= 4 is 11.8 Å². The van der Waals surface area contributed by atoms with Gasteiger partial charge >= 0.3 is 6.18 Å². The van der Waals surface area contributed by atoms with Crippen LogP contribution in [0, 0.1) is 11.8 Å². The monoisotopic (exact) mass is 281 g/mol. The zero-order chi connectivity index (χ0) is 13.0. The van der Waals surface area contributed by atoms with Crippen molar-refractivity contribution in [2.24, 2.45) is 11.8 Å². The molecule has 0 aromatic heterocycles. The standard InChI is InChI=1S/C13H22F3NS/c14-13(15,16)11-2-1-3-12(8-11)17-9-10-4-6-18-7-5-10/h10-12,17H,1-9H2. The van der Waals surface area contributed by atoms with Crippen LogP contribution < -0.4 is 5.32 Å². The molecule has 1 nitrogen and oxygen atoms in total. The highest BCUT2D eigenvalue weighted by Gasteiger charge is 2.42. The fraction of sp³-hybridized carbons (Fsp3) is 1.00. The van der Waals surface area contributed by atoms with E-state index >= 15 is 0 Å². The highest BCUT2D eigenvalue weighted by molar-refractivity contribution is 7.99. The summed E-state index contributed by atoms with van der Waals surface area (Å²) in [5, 5.41) is 3.38. The first-order chi connectivity index (χ1) is 8.55. The Kier molecular flexibility index (Phi) is 5.24. The Bertz CT molecular complexity index is 251. The maximum Gasteiger partial charge on any atom is 0.391 e. The Balaban J connectivity index is 1.72. The molecule has 2 aliphatic rings. The van der Waals surface area contributed by atoms with Crippen LogP contribution in [0.1, 0.15) is 38.5 Å². The molecule has 1 N–H and O–H groups in total. The topological polar surface area (TPSA) is 12.0 Å². The molecule has 0 aromatic rings. The number of thioether (sulfide) groups is 1. The van der Waals surface area contributed by atoms with E-state index in [-0.39, 0.29) is 12.5 Å². The van der Waals surface area contributed by atoms with Crippen LogP contribution in [-0.2, 0) is 0 Å². The van der Waals surface area contributed by atoms with Crippen LogP contribution in [0.2, 0.25) is 0 Å². The number of halogens is 3. The molecule has 0 spiro atoms. The van der Waals surface area contributed by atoms with Gasteiger partial charge in [0.2, 0.25) is 0 Å². The van der Waals surface area contributed by atoms with Crippen molar-refractivity contribution in [3.8, 4) is 0 Å². The van der Waals surface area contributed by atoms with Gasteiger partial charge in [-0.15, -0.1) is 0 Å². The molecule has 0 amide bonds. The highest BCUT2D eigenvalue weighted by atomic mass is 32.2. The molecule has 0 radical (unpaired) electrons. The van der Waals surface area contributed by atoms with E-state index in [0.29, 0.717) is 18.8 Å². The predicted octanol–water partition coefficient (Wildman–Crippen LogP) is 3.84. The fourth-order valence-electron chi connectivity index (χ4n) is 2.96. The number of hydrogen-bond acceptors (Lipinski definition) is 2. The van der Waals surface area contributed by atoms with Crippen LogP contribution in [0.5, 0.6) is 0 Å². The Hall–Kier alpha value is 0.100. The zero-order valence-corrected chi connectivity index (χ0v) is 11.5. The highest BCUT2D eigenvalue weighted by Crippen LogP contribution is 2.37. The van der Waals surface area contributed by atoms with E-state index in [1.807, 2.05) is 11.8 Å². The predicted molar refractivity (Wildman–Crippen MR) is 69.9 cm³/mol. The molecule has 1 aliphatic carbocycles. The second-order valence-electron chi connectivity index (χ2n) is 5.57. The van der Waals surface area contributed by atoms with Gasteiger partial charge < -0.3 is 5.32 Å². The van der Waals surface area contributed by atoms with Gasteiger partial charge in [-0.1, -0.05) is 6.42 Å². The summed E-state index contributed by atoms with van der Waals surface area (Å²) in [6.07, 6.45) is 0.658. The summed E-state index contributed by atoms with van der Waals surface area (Å²) in [5.41, 5.74) is 0. The Morgan fingerprint density at radius 3 is 2.44 bits per heavy atom. The first kappa shape index (κ1) is 14.5. The van der Waals surface area contributed by atoms with Crippen LogP contribution in [-0.4, -0.2) is 30.3 Å². The summed E-state index contributed by atoms with van der Waals surface area (Å²) >= 11 is 1.99. The molecule has 2 unspecified atom stereocenters. The minimum absolute atomic E-state index is 0.0833. The summed E-state index contributed by atoms with van der Waals surface area (Å²) in [7, 11) is 0. The smallest absolute Gasteiger partial charge is 0.314 e. The van der Waals surface area contributed by atoms with E-state index in [4.69, 9.17) is 0 Å². The van der Waals surface area contributed by atoms with Crippen LogP contribution >= 0.6 is 11.8 Å². The molecule has 2 atom stereocenters. The molecule has 0 aromatic carbocycles. The second-order valence-corrected chi connectivity index (χ2v) is 6.79. The lowest BCUT2D eigenvalue weighted by atomic mass is 9.85. The summed E-state index contributed by atoms with van der Waals surface area (Å²) in [5.74, 6) is 2.02. The van der Waals surface area contributed by atoms with Crippen molar-refractivity contribution < 1.29 is 13.2 Å². The summed E-state index contributed by atoms with van der Waals surface area (Å²) in [6, 6.07) is 0.0833. The van der Waals surface area contributed by atoms with Crippen molar-refractivity contribution in [2.45, 2.75) is 50.7 Å². The lowest BCUT2D eigenvalue weighted by Crippen LogP contribution is -2.41. The SMILES string of the molecule is FC(F)(F)C1CCCC(NCC2CCSCC2)C1. The quantitative estimate of drug-likeness (QED) is 0.843. The van der Waals surface area contributed by atoms with Gasteiger partial charge in [0.1, 0.15) is 0 Å². The molecule has 1 saturated carbocycles. The molecular formula is C13H22F3NS. The van der Waals surface area contributed by atoms with Gasteiger partial charge in [-0.2, -0.15) is 24.9 Å². The molecular weight excluding hydrogens is 259 g/mol. The lowest BCUT2D eigenvalue weighted by Gasteiger charge is -2.32. The van der Waals surface area contributed by atoms with Crippen molar-refractivity contribution in [3.05, 3.63) is 0 Å². The first-order valence-corrected chi connectivity index (χ1v) is 8.09. The minimum atomic E-state index is -4.00. The third kappa shape index (κ3) is 4.34. The second kappa shape index (κ2) is 6.51. The summed E-state index contributed by atoms with van der Waals surface area (Å²) in [4.78, 5) is 0. The Labute approximate surface area is 111 Å². The normalized spacial score (nSPS) is 31.5.